The summed E-state index contributed by atoms with van der Waals surface area (Å²) < 4.78 is 34.5. The summed E-state index contributed by atoms with van der Waals surface area (Å²) in [4.78, 5) is 25.8. The average molecular weight is 449 g/mol. The molecular weight excluding hydrogens is 416 g/mol. The second kappa shape index (κ2) is 9.78. The topological polar surface area (TPSA) is 85.7 Å². The third-order valence-electron chi connectivity index (χ3n) is 5.23. The van der Waals surface area contributed by atoms with Crippen molar-refractivity contribution in [3.05, 3.63) is 52.3 Å². The van der Waals surface area contributed by atoms with Gasteiger partial charge in [0.2, 0.25) is 10.0 Å². The van der Waals surface area contributed by atoms with E-state index in [0.717, 1.165) is 5.56 Å². The molecule has 0 bridgehead atoms. The fourth-order valence-corrected chi connectivity index (χ4v) is 5.19. The van der Waals surface area contributed by atoms with Gasteiger partial charge in [-0.2, -0.15) is 4.31 Å². The third-order valence-corrected chi connectivity index (χ3v) is 7.05. The average Bonchev–Trinajstić information content (AvgIpc) is 2.90. The number of carbonyl (C=O) groups is 2. The van der Waals surface area contributed by atoms with Crippen LogP contribution in [-0.4, -0.2) is 48.7 Å². The summed E-state index contributed by atoms with van der Waals surface area (Å²) in [6.07, 6.45) is 0. The first-order valence-electron chi connectivity index (χ1n) is 10.3. The number of hydrogen-bond donors (Lipinski definition) is 0. The van der Waals surface area contributed by atoms with Crippen molar-refractivity contribution in [1.82, 2.24) is 8.87 Å². The molecule has 8 heteroatoms. The number of nitrogens with zero attached hydrogens (tertiary/aromatic N) is 2. The van der Waals surface area contributed by atoms with Crippen LogP contribution in [0.25, 0.3) is 0 Å². The van der Waals surface area contributed by atoms with Crippen LogP contribution in [0.5, 0.6) is 0 Å². The van der Waals surface area contributed by atoms with Crippen molar-refractivity contribution < 1.29 is 22.7 Å². The van der Waals surface area contributed by atoms with Gasteiger partial charge in [0, 0.05) is 24.8 Å². The zero-order valence-electron chi connectivity index (χ0n) is 19.4. The zero-order valence-corrected chi connectivity index (χ0v) is 20.2. The number of ketones is 1. The molecule has 1 aromatic carbocycles. The van der Waals surface area contributed by atoms with Gasteiger partial charge in [0.05, 0.1) is 18.0 Å². The Labute approximate surface area is 185 Å². The van der Waals surface area contributed by atoms with E-state index in [4.69, 9.17) is 4.74 Å². The van der Waals surface area contributed by atoms with Gasteiger partial charge in [-0.3, -0.25) is 4.79 Å². The Bertz CT molecular complexity index is 1070. The maximum atomic E-state index is 13.3. The fraction of sp³-hybridized carbons (Fsp3) is 0.478. The number of rotatable bonds is 9. The van der Waals surface area contributed by atoms with Gasteiger partial charge in [-0.25, -0.2) is 13.2 Å². The largest absolute Gasteiger partial charge is 0.461 e. The molecule has 0 aliphatic heterocycles. The number of aromatic nitrogens is 1. The molecular formula is C23H32N2O5S. The predicted molar refractivity (Wildman–Crippen MR) is 120 cm³/mol. The quantitative estimate of drug-likeness (QED) is 0.432. The molecule has 0 aliphatic rings. The van der Waals surface area contributed by atoms with Gasteiger partial charge < -0.3 is 9.30 Å². The summed E-state index contributed by atoms with van der Waals surface area (Å²) in [5.74, 6) is -0.825. The van der Waals surface area contributed by atoms with Crippen LogP contribution in [0.3, 0.4) is 0 Å². The Morgan fingerprint density at radius 2 is 1.68 bits per heavy atom. The van der Waals surface area contributed by atoms with Crippen molar-refractivity contribution in [3.63, 3.8) is 0 Å². The predicted octanol–water partition coefficient (Wildman–Crippen LogP) is 3.66. The number of sulfonamides is 1. The Morgan fingerprint density at radius 3 is 2.19 bits per heavy atom. The summed E-state index contributed by atoms with van der Waals surface area (Å²) in [6.45, 7) is 11.0. The van der Waals surface area contributed by atoms with Crippen LogP contribution in [0.4, 0.5) is 0 Å². The molecule has 0 N–H and O–H groups in total. The molecule has 7 nitrogen and oxygen atoms in total. The van der Waals surface area contributed by atoms with Crippen molar-refractivity contribution in [2.24, 2.45) is 13.0 Å². The smallest absolute Gasteiger partial charge is 0.355 e. The summed E-state index contributed by atoms with van der Waals surface area (Å²) in [7, 11) is -2.16. The summed E-state index contributed by atoms with van der Waals surface area (Å²) in [5, 5.41) is 0. The zero-order chi connectivity index (χ0) is 23.5. The minimum atomic E-state index is -3.86. The summed E-state index contributed by atoms with van der Waals surface area (Å²) >= 11 is 0. The molecule has 0 radical (unpaired) electrons. The minimum absolute atomic E-state index is 0.0288. The molecule has 2 aromatic rings. The van der Waals surface area contributed by atoms with E-state index in [1.54, 1.807) is 56.7 Å². The van der Waals surface area contributed by atoms with Crippen LogP contribution in [0, 0.1) is 26.7 Å². The molecule has 0 saturated heterocycles. The lowest BCUT2D eigenvalue weighted by molar-refractivity contribution is 0.0514. The van der Waals surface area contributed by atoms with Gasteiger partial charge in [-0.15, -0.1) is 0 Å². The van der Waals surface area contributed by atoms with Crippen LogP contribution in [-0.2, 0) is 21.8 Å². The molecule has 170 valence electrons. The summed E-state index contributed by atoms with van der Waals surface area (Å²) in [6, 6.07) is 6.58. The van der Waals surface area contributed by atoms with Crippen molar-refractivity contribution in [1.29, 1.82) is 0 Å². The highest BCUT2D eigenvalue weighted by molar-refractivity contribution is 7.89. The fourth-order valence-electron chi connectivity index (χ4n) is 3.63. The van der Waals surface area contributed by atoms with E-state index in [9.17, 15) is 18.0 Å². The van der Waals surface area contributed by atoms with E-state index >= 15 is 0 Å². The highest BCUT2D eigenvalue weighted by Crippen LogP contribution is 2.25. The Kier molecular flexibility index (Phi) is 7.83. The van der Waals surface area contributed by atoms with E-state index < -0.39 is 16.0 Å². The molecule has 0 spiro atoms. The second-order valence-electron chi connectivity index (χ2n) is 8.14. The highest BCUT2D eigenvalue weighted by atomic mass is 32.2. The van der Waals surface area contributed by atoms with Crippen LogP contribution in [0.1, 0.15) is 58.4 Å². The molecule has 0 saturated carbocycles. The third kappa shape index (κ3) is 5.25. The first-order valence-corrected chi connectivity index (χ1v) is 11.8. The monoisotopic (exact) mass is 448 g/mol. The van der Waals surface area contributed by atoms with Crippen LogP contribution >= 0.6 is 0 Å². The van der Waals surface area contributed by atoms with Gasteiger partial charge in [-0.1, -0.05) is 31.5 Å². The number of aryl methyl sites for hydroxylation is 1. The first-order chi connectivity index (χ1) is 14.4. The molecule has 0 unspecified atom stereocenters. The van der Waals surface area contributed by atoms with Gasteiger partial charge in [0.1, 0.15) is 5.69 Å². The molecule has 2 rings (SSSR count). The lowest BCUT2D eigenvalue weighted by Crippen LogP contribution is -2.38. The molecule has 1 heterocycles. The lowest BCUT2D eigenvalue weighted by Gasteiger charge is -2.23. The van der Waals surface area contributed by atoms with E-state index in [-0.39, 0.29) is 36.3 Å². The van der Waals surface area contributed by atoms with Crippen LogP contribution in [0.15, 0.2) is 29.2 Å². The van der Waals surface area contributed by atoms with Gasteiger partial charge in [-0.05, 0) is 51.3 Å². The van der Waals surface area contributed by atoms with E-state index in [1.807, 2.05) is 20.8 Å². The van der Waals surface area contributed by atoms with Gasteiger partial charge in [0.15, 0.2) is 5.78 Å². The Balaban J connectivity index is 2.45. The number of ether oxygens (including phenoxy) is 1. The molecule has 0 aliphatic carbocycles. The van der Waals surface area contributed by atoms with E-state index in [0.29, 0.717) is 22.5 Å². The first kappa shape index (κ1) is 24.8. The molecule has 1 aromatic heterocycles. The maximum Gasteiger partial charge on any atom is 0.355 e. The molecule has 0 amide bonds. The van der Waals surface area contributed by atoms with E-state index in [2.05, 4.69) is 0 Å². The number of carbonyl (C=O) groups excluding carboxylic acids is 2. The van der Waals surface area contributed by atoms with Crippen LogP contribution in [0.2, 0.25) is 0 Å². The van der Waals surface area contributed by atoms with Gasteiger partial charge in [0.25, 0.3) is 0 Å². The molecule has 31 heavy (non-hydrogen) atoms. The maximum absolute atomic E-state index is 13.3. The van der Waals surface area contributed by atoms with Crippen molar-refractivity contribution in [2.45, 2.75) is 46.4 Å². The molecule has 0 fully saturated rings. The van der Waals surface area contributed by atoms with Crippen molar-refractivity contribution >= 4 is 21.8 Å². The molecule has 0 atom stereocenters. The lowest BCUT2D eigenvalue weighted by atomic mass is 10.1. The van der Waals surface area contributed by atoms with Crippen LogP contribution < -0.4 is 0 Å². The summed E-state index contributed by atoms with van der Waals surface area (Å²) in [5.41, 5.74) is 2.72. The number of esters is 1. The normalized spacial score (nSPS) is 11.9. The Morgan fingerprint density at radius 1 is 1.10 bits per heavy atom. The van der Waals surface area contributed by atoms with Gasteiger partial charge >= 0.3 is 5.97 Å². The number of benzene rings is 1. The SMILES string of the molecule is CCOC(=O)c1c(C)c(C(=O)CN(CC(C)C)S(=O)(=O)c2ccc(C)cc2)c(C)n1C. The van der Waals surface area contributed by atoms with Crippen molar-refractivity contribution in [2.75, 3.05) is 19.7 Å². The number of Topliss-reactive ketones (excluding diaryl/α,β-unsaturated/α-hetero) is 1. The van der Waals surface area contributed by atoms with E-state index in [1.165, 1.54) is 4.31 Å². The highest BCUT2D eigenvalue weighted by Gasteiger charge is 2.31. The Hall–Kier alpha value is -2.45. The standard InChI is InChI=1S/C23H32N2O5S/c1-8-30-23(27)22-17(5)21(18(6)24(22)7)20(26)14-25(13-15(2)3)31(28,29)19-11-9-16(4)10-12-19/h9-12,15H,8,13-14H2,1-7H3. The second-order valence-corrected chi connectivity index (χ2v) is 10.1. The van der Waals surface area contributed by atoms with Crippen molar-refractivity contribution in [3.8, 4) is 0 Å². The number of hydrogen-bond acceptors (Lipinski definition) is 5. The minimum Gasteiger partial charge on any atom is -0.461 e.